The van der Waals surface area contributed by atoms with E-state index in [1.807, 2.05) is 6.07 Å². The van der Waals surface area contributed by atoms with Crippen LogP contribution in [0.5, 0.6) is 5.75 Å². The molecule has 9 heteroatoms. The Hall–Kier alpha value is -4.06. The minimum absolute atomic E-state index is 0.0297. The van der Waals surface area contributed by atoms with Crippen LogP contribution in [0.15, 0.2) is 60.6 Å². The molecule has 2 aromatic rings. The summed E-state index contributed by atoms with van der Waals surface area (Å²) in [6.45, 7) is 7.05. The summed E-state index contributed by atoms with van der Waals surface area (Å²) in [4.78, 5) is 21.2. The minimum atomic E-state index is -1.01. The maximum absolute atomic E-state index is 14.0. The number of nitrogens with one attached hydrogen (secondary N) is 1. The maximum atomic E-state index is 14.0. The molecular weight excluding hydrogens is 428 g/mol. The van der Waals surface area contributed by atoms with Gasteiger partial charge in [0.25, 0.3) is 0 Å². The molecule has 1 heterocycles. The van der Waals surface area contributed by atoms with Gasteiger partial charge in [-0.15, -0.1) is 0 Å². The molecule has 0 spiro atoms. The first-order valence-electron chi connectivity index (χ1n) is 10.1. The first kappa shape index (κ1) is 23.6. The third-order valence-corrected chi connectivity index (χ3v) is 5.49. The number of amides is 1. The number of ether oxygens (including phenoxy) is 1. The fraction of sp³-hybridized carbons (Fsp3) is 0.250. The van der Waals surface area contributed by atoms with Gasteiger partial charge in [0.2, 0.25) is 5.91 Å². The number of carbonyl (C=O) groups excluding carboxylic acids is 1. The molecule has 3 rings (SSSR count). The van der Waals surface area contributed by atoms with Crippen LogP contribution in [-0.2, 0) is 10.2 Å². The van der Waals surface area contributed by atoms with Crippen LogP contribution in [0.4, 0.5) is 8.78 Å². The van der Waals surface area contributed by atoms with Crippen LogP contribution in [0.2, 0.25) is 0 Å². The van der Waals surface area contributed by atoms with Crippen molar-refractivity contribution in [3.8, 4) is 11.8 Å². The van der Waals surface area contributed by atoms with Crippen LogP contribution in [-0.4, -0.2) is 22.5 Å². The Morgan fingerprint density at radius 1 is 1.39 bits per heavy atom. The van der Waals surface area contributed by atoms with Crippen molar-refractivity contribution in [3.63, 3.8) is 0 Å². The predicted molar refractivity (Wildman–Crippen MR) is 117 cm³/mol. The molecule has 1 saturated carbocycles. The summed E-state index contributed by atoms with van der Waals surface area (Å²) in [5, 5.41) is 11.5. The molecule has 3 N–H and O–H groups in total. The molecule has 1 amide bonds. The van der Waals surface area contributed by atoms with E-state index in [4.69, 9.17) is 15.7 Å². The van der Waals surface area contributed by atoms with Crippen molar-refractivity contribution in [1.29, 1.82) is 5.26 Å². The van der Waals surface area contributed by atoms with E-state index in [0.29, 0.717) is 29.3 Å². The van der Waals surface area contributed by atoms with E-state index in [1.54, 1.807) is 13.8 Å². The summed E-state index contributed by atoms with van der Waals surface area (Å²) in [6, 6.07) is 5.47. The average molecular weight is 451 g/mol. The van der Waals surface area contributed by atoms with Gasteiger partial charge >= 0.3 is 0 Å². The zero-order chi connectivity index (χ0) is 24.2. The predicted octanol–water partition coefficient (Wildman–Crippen LogP) is 3.26. The van der Waals surface area contributed by atoms with E-state index >= 15 is 0 Å². The second-order valence-electron chi connectivity index (χ2n) is 7.75. The van der Waals surface area contributed by atoms with Gasteiger partial charge in [-0.05, 0) is 50.1 Å². The molecule has 33 heavy (non-hydrogen) atoms. The topological polar surface area (TPSA) is 114 Å². The number of benzene rings is 1. The van der Waals surface area contributed by atoms with Crippen molar-refractivity contribution >= 4 is 5.91 Å². The maximum Gasteiger partial charge on any atom is 0.229 e. The van der Waals surface area contributed by atoms with E-state index in [-0.39, 0.29) is 18.0 Å². The second-order valence-corrected chi connectivity index (χ2v) is 7.75. The number of nitrogens with two attached hydrogens (primary N) is 1. The lowest BCUT2D eigenvalue weighted by molar-refractivity contribution is -0.122. The summed E-state index contributed by atoms with van der Waals surface area (Å²) in [7, 11) is 0. The molecule has 1 fully saturated rings. The second kappa shape index (κ2) is 9.61. The normalized spacial score (nSPS) is 20.0. The van der Waals surface area contributed by atoms with Gasteiger partial charge in [-0.25, -0.2) is 18.7 Å². The van der Waals surface area contributed by atoms with Crippen molar-refractivity contribution < 1.29 is 18.3 Å². The van der Waals surface area contributed by atoms with Gasteiger partial charge in [-0.1, -0.05) is 18.7 Å². The van der Waals surface area contributed by atoms with Crippen LogP contribution < -0.4 is 15.8 Å². The molecular formula is C24H23F2N5O2. The van der Waals surface area contributed by atoms with Crippen LogP contribution >= 0.6 is 0 Å². The fourth-order valence-electron chi connectivity index (χ4n) is 3.54. The number of rotatable bonds is 8. The summed E-state index contributed by atoms with van der Waals surface area (Å²) in [5.74, 6) is -1.93. The Balaban J connectivity index is 1.83. The van der Waals surface area contributed by atoms with Crippen LogP contribution in [0.25, 0.3) is 0 Å². The van der Waals surface area contributed by atoms with Gasteiger partial charge in [0.15, 0.2) is 17.4 Å². The lowest BCUT2D eigenvalue weighted by atomic mass is 9.93. The summed E-state index contributed by atoms with van der Waals surface area (Å²) >= 11 is 0. The van der Waals surface area contributed by atoms with Crippen molar-refractivity contribution in [2.45, 2.75) is 25.7 Å². The highest BCUT2D eigenvalue weighted by Crippen LogP contribution is 2.55. The van der Waals surface area contributed by atoms with E-state index in [2.05, 4.69) is 21.9 Å². The molecule has 0 saturated heterocycles. The zero-order valence-electron chi connectivity index (χ0n) is 18.2. The van der Waals surface area contributed by atoms with Crippen molar-refractivity contribution in [2.75, 3.05) is 6.61 Å². The molecule has 1 aliphatic rings. The largest absolute Gasteiger partial charge is 0.489 e. The van der Waals surface area contributed by atoms with Crippen LogP contribution in [0.3, 0.4) is 0 Å². The smallest absolute Gasteiger partial charge is 0.229 e. The van der Waals surface area contributed by atoms with Crippen molar-refractivity contribution in [3.05, 3.63) is 89.3 Å². The standard InChI is InChI=1S/C24H23F2N5O2/c1-4-16(11-27)5-8-22(28)31-23(32)18-10-24(18,17-6-7-19(25)20(26)9-17)13-33-21-12-29-15(3)30-14(21)2/h4-9,12,18H,1,10,13,28H2,2-3H3,(H,31,32)/b16-5+,22-8+/t18?,24-/m1/s1. The van der Waals surface area contributed by atoms with Crippen molar-refractivity contribution in [2.24, 2.45) is 11.7 Å². The fourth-order valence-corrected chi connectivity index (χ4v) is 3.54. The molecule has 170 valence electrons. The Kier molecular flexibility index (Phi) is 6.87. The first-order chi connectivity index (χ1) is 15.7. The molecule has 1 aromatic carbocycles. The summed E-state index contributed by atoms with van der Waals surface area (Å²) < 4.78 is 33.4. The van der Waals surface area contributed by atoms with Gasteiger partial charge in [0.1, 0.15) is 11.6 Å². The lowest BCUT2D eigenvalue weighted by Gasteiger charge is -2.20. The van der Waals surface area contributed by atoms with Gasteiger partial charge < -0.3 is 15.8 Å². The summed E-state index contributed by atoms with van der Waals surface area (Å²) in [6.07, 6.45) is 6.03. The highest BCUT2D eigenvalue weighted by Gasteiger charge is 2.60. The third-order valence-electron chi connectivity index (χ3n) is 5.49. The number of aromatic nitrogens is 2. The highest BCUT2D eigenvalue weighted by atomic mass is 19.2. The minimum Gasteiger partial charge on any atom is -0.489 e. The highest BCUT2D eigenvalue weighted by molar-refractivity contribution is 5.85. The Labute approximate surface area is 190 Å². The lowest BCUT2D eigenvalue weighted by Crippen LogP contribution is -2.33. The van der Waals surface area contributed by atoms with Crippen LogP contribution in [0.1, 0.15) is 23.5 Å². The Bertz CT molecular complexity index is 1200. The molecule has 0 bridgehead atoms. The monoisotopic (exact) mass is 451 g/mol. The zero-order valence-corrected chi connectivity index (χ0v) is 18.2. The van der Waals surface area contributed by atoms with E-state index in [0.717, 1.165) is 12.1 Å². The number of nitrogens with zero attached hydrogens (tertiary/aromatic N) is 3. The Morgan fingerprint density at radius 3 is 2.79 bits per heavy atom. The van der Waals surface area contributed by atoms with Gasteiger partial charge in [-0.2, -0.15) is 5.26 Å². The number of aryl methyl sites for hydroxylation is 2. The molecule has 0 aliphatic heterocycles. The van der Waals surface area contributed by atoms with Gasteiger partial charge in [-0.3, -0.25) is 4.79 Å². The number of halogens is 2. The SMILES string of the molecule is C=C/C(C#N)=C\C=C(/N)NC(=O)C1C[C@@]1(COc1cnc(C)nc1C)c1ccc(F)c(F)c1. The molecule has 1 aromatic heterocycles. The summed E-state index contributed by atoms with van der Waals surface area (Å²) in [5.41, 5.74) is 6.31. The average Bonchev–Trinajstić information content (AvgIpc) is 3.52. The van der Waals surface area contributed by atoms with Crippen molar-refractivity contribution in [1.82, 2.24) is 15.3 Å². The van der Waals surface area contributed by atoms with E-state index in [1.165, 1.54) is 30.5 Å². The number of carbonyl (C=O) groups is 1. The molecule has 1 unspecified atom stereocenters. The van der Waals surface area contributed by atoms with Crippen LogP contribution in [0, 0.1) is 42.7 Å². The number of allylic oxidation sites excluding steroid dienone is 4. The van der Waals surface area contributed by atoms with E-state index in [9.17, 15) is 13.6 Å². The first-order valence-corrected chi connectivity index (χ1v) is 10.1. The Morgan fingerprint density at radius 2 is 2.15 bits per heavy atom. The molecule has 2 atom stereocenters. The molecule has 1 aliphatic carbocycles. The quantitative estimate of drug-likeness (QED) is 0.470. The number of hydrogen-bond acceptors (Lipinski definition) is 6. The van der Waals surface area contributed by atoms with Gasteiger partial charge in [0.05, 0.1) is 36.1 Å². The van der Waals surface area contributed by atoms with Gasteiger partial charge in [0, 0.05) is 5.41 Å². The molecule has 7 nitrogen and oxygen atoms in total. The number of hydrogen-bond donors (Lipinski definition) is 2. The van der Waals surface area contributed by atoms with E-state index < -0.39 is 28.9 Å². The number of nitriles is 1. The molecule has 0 radical (unpaired) electrons. The third kappa shape index (κ3) is 5.23.